The van der Waals surface area contributed by atoms with E-state index >= 15 is 0 Å². The molecule has 1 saturated heterocycles. The molecule has 0 unspecified atom stereocenters. The number of nitrogens with zero attached hydrogens (tertiary/aromatic N) is 1. The topological polar surface area (TPSA) is 81.9 Å². The van der Waals surface area contributed by atoms with Crippen LogP contribution in [0.25, 0.3) is 0 Å². The Morgan fingerprint density at radius 3 is 2.48 bits per heavy atom. The predicted molar refractivity (Wildman–Crippen MR) is 78.0 cm³/mol. The number of hydrogen-bond acceptors (Lipinski definition) is 5. The lowest BCUT2D eigenvalue weighted by Crippen LogP contribution is -2.40. The fraction of sp³-hybridized carbons (Fsp3) is 0.467. The Kier molecular flexibility index (Phi) is 4.67. The van der Waals surface area contributed by atoms with Crippen molar-refractivity contribution in [3.05, 3.63) is 23.8 Å². The van der Waals surface area contributed by atoms with Gasteiger partial charge >= 0.3 is 5.97 Å². The van der Waals surface area contributed by atoms with Crippen LogP contribution in [0.3, 0.4) is 0 Å². The van der Waals surface area contributed by atoms with Crippen molar-refractivity contribution in [1.82, 2.24) is 4.90 Å². The van der Waals surface area contributed by atoms with Gasteiger partial charge < -0.3 is 20.1 Å². The maximum atomic E-state index is 12.6. The molecular weight excluding hydrogens is 272 g/mol. The molecule has 0 atom stereocenters. The number of carbonyl (C=O) groups is 2. The number of hydrogen-bond donors (Lipinski definition) is 1. The molecule has 21 heavy (non-hydrogen) atoms. The van der Waals surface area contributed by atoms with E-state index < -0.39 is 0 Å². The highest BCUT2D eigenvalue weighted by Gasteiger charge is 2.30. The predicted octanol–water partition coefficient (Wildman–Crippen LogP) is 1.30. The van der Waals surface area contributed by atoms with Crippen LogP contribution in [0.5, 0.6) is 5.75 Å². The van der Waals surface area contributed by atoms with Crippen LogP contribution in [0.4, 0.5) is 5.69 Å². The second kappa shape index (κ2) is 6.47. The van der Waals surface area contributed by atoms with E-state index in [9.17, 15) is 9.59 Å². The molecule has 0 saturated carbocycles. The van der Waals surface area contributed by atoms with E-state index in [0.717, 1.165) is 0 Å². The van der Waals surface area contributed by atoms with Gasteiger partial charge in [-0.25, -0.2) is 0 Å². The minimum Gasteiger partial charge on any atom is -0.496 e. The molecule has 1 amide bonds. The number of carbonyl (C=O) groups excluding carboxylic acids is 2. The van der Waals surface area contributed by atoms with Gasteiger partial charge in [-0.1, -0.05) is 6.07 Å². The molecule has 0 aromatic heterocycles. The molecule has 0 aliphatic carbocycles. The van der Waals surface area contributed by atoms with Crippen LogP contribution in [0.1, 0.15) is 23.2 Å². The van der Waals surface area contributed by atoms with Gasteiger partial charge in [0.15, 0.2) is 0 Å². The largest absolute Gasteiger partial charge is 0.496 e. The normalized spacial score (nSPS) is 15.6. The number of nitrogen functional groups attached to an aromatic ring is 1. The molecule has 1 heterocycles. The number of benzene rings is 1. The summed E-state index contributed by atoms with van der Waals surface area (Å²) in [4.78, 5) is 25.8. The van der Waals surface area contributed by atoms with Crippen LogP contribution >= 0.6 is 0 Å². The summed E-state index contributed by atoms with van der Waals surface area (Å²) in [6.07, 6.45) is 1.21. The number of rotatable bonds is 3. The molecule has 0 spiro atoms. The van der Waals surface area contributed by atoms with E-state index in [1.54, 1.807) is 23.1 Å². The van der Waals surface area contributed by atoms with Crippen LogP contribution < -0.4 is 10.5 Å². The van der Waals surface area contributed by atoms with Gasteiger partial charge in [0.25, 0.3) is 5.91 Å². The maximum absolute atomic E-state index is 12.6. The van der Waals surface area contributed by atoms with Crippen molar-refractivity contribution in [2.45, 2.75) is 12.8 Å². The minimum atomic E-state index is -0.209. The number of ether oxygens (including phenoxy) is 2. The lowest BCUT2D eigenvalue weighted by Gasteiger charge is -2.31. The van der Waals surface area contributed by atoms with E-state index in [1.165, 1.54) is 14.2 Å². The van der Waals surface area contributed by atoms with E-state index in [4.69, 9.17) is 15.2 Å². The first-order chi connectivity index (χ1) is 10.1. The average Bonchev–Trinajstić information content (AvgIpc) is 2.53. The summed E-state index contributed by atoms with van der Waals surface area (Å²) in [5, 5.41) is 0. The highest BCUT2D eigenvalue weighted by atomic mass is 16.5. The van der Waals surface area contributed by atoms with Crippen molar-refractivity contribution < 1.29 is 19.1 Å². The van der Waals surface area contributed by atoms with Crippen LogP contribution in [0.15, 0.2) is 18.2 Å². The first-order valence-electron chi connectivity index (χ1n) is 6.88. The molecule has 2 rings (SSSR count). The number of anilines is 1. The van der Waals surface area contributed by atoms with Crippen LogP contribution in [0, 0.1) is 5.92 Å². The zero-order chi connectivity index (χ0) is 15.4. The summed E-state index contributed by atoms with van der Waals surface area (Å²) in [6, 6.07) is 5.14. The van der Waals surface area contributed by atoms with Gasteiger partial charge in [-0.15, -0.1) is 0 Å². The summed E-state index contributed by atoms with van der Waals surface area (Å²) in [7, 11) is 2.89. The lowest BCUT2D eigenvalue weighted by atomic mass is 9.96. The van der Waals surface area contributed by atoms with Crippen LogP contribution in [0.2, 0.25) is 0 Å². The maximum Gasteiger partial charge on any atom is 0.308 e. The van der Waals surface area contributed by atoms with E-state index in [1.807, 2.05) is 0 Å². The van der Waals surface area contributed by atoms with Crippen LogP contribution in [-0.2, 0) is 9.53 Å². The Labute approximate surface area is 123 Å². The highest BCUT2D eigenvalue weighted by molar-refractivity contribution is 6.02. The zero-order valence-electron chi connectivity index (χ0n) is 12.3. The van der Waals surface area contributed by atoms with Gasteiger partial charge in [0, 0.05) is 18.8 Å². The molecule has 0 radical (unpaired) electrons. The average molecular weight is 292 g/mol. The molecule has 6 heteroatoms. The van der Waals surface area contributed by atoms with Crippen molar-refractivity contribution in [2.24, 2.45) is 5.92 Å². The third-order valence-corrected chi connectivity index (χ3v) is 3.81. The number of esters is 1. The van der Waals surface area contributed by atoms with Crippen molar-refractivity contribution >= 4 is 17.6 Å². The smallest absolute Gasteiger partial charge is 0.308 e. The summed E-state index contributed by atoms with van der Waals surface area (Å²) in [5.41, 5.74) is 6.68. The molecular formula is C15H20N2O4. The van der Waals surface area contributed by atoms with Gasteiger partial charge in [0.2, 0.25) is 0 Å². The Morgan fingerprint density at radius 2 is 1.90 bits per heavy atom. The molecule has 1 aliphatic heterocycles. The Morgan fingerprint density at radius 1 is 1.24 bits per heavy atom. The number of likely N-dealkylation sites (tertiary alicyclic amines) is 1. The number of methoxy groups -OCH3 is 2. The third-order valence-electron chi connectivity index (χ3n) is 3.81. The van der Waals surface area contributed by atoms with Gasteiger partial charge in [-0.3, -0.25) is 9.59 Å². The summed E-state index contributed by atoms with van der Waals surface area (Å²) in [6.45, 7) is 1.02. The van der Waals surface area contributed by atoms with Gasteiger partial charge in [-0.05, 0) is 25.0 Å². The van der Waals surface area contributed by atoms with Crippen molar-refractivity contribution in [3.63, 3.8) is 0 Å². The Hall–Kier alpha value is -2.24. The number of piperidine rings is 1. The number of nitrogens with two attached hydrogens (primary N) is 1. The standard InChI is InChI=1S/C15H20N2O4/c1-20-12-5-3-4-11(16)13(12)14(18)17-8-6-10(7-9-17)15(19)21-2/h3-5,10H,6-9,16H2,1-2H3. The van der Waals surface area contributed by atoms with Crippen molar-refractivity contribution in [3.8, 4) is 5.75 Å². The van der Waals surface area contributed by atoms with Gasteiger partial charge in [0.1, 0.15) is 11.3 Å². The molecule has 1 aromatic rings. The first-order valence-corrected chi connectivity index (χ1v) is 6.88. The van der Waals surface area contributed by atoms with Crippen molar-refractivity contribution in [1.29, 1.82) is 0 Å². The molecule has 1 fully saturated rings. The SMILES string of the molecule is COC(=O)C1CCN(C(=O)c2c(N)cccc2OC)CC1. The second-order valence-corrected chi connectivity index (χ2v) is 5.01. The molecule has 1 aromatic carbocycles. The third kappa shape index (κ3) is 3.09. The first kappa shape index (κ1) is 15.2. The summed E-state index contributed by atoms with van der Waals surface area (Å²) >= 11 is 0. The second-order valence-electron chi connectivity index (χ2n) is 5.01. The summed E-state index contributed by atoms with van der Waals surface area (Å²) in [5.74, 6) is -0.0312. The van der Waals surface area contributed by atoms with E-state index in [0.29, 0.717) is 42.9 Å². The fourth-order valence-corrected chi connectivity index (χ4v) is 2.59. The Balaban J connectivity index is 2.11. The van der Waals surface area contributed by atoms with Gasteiger partial charge in [0.05, 0.1) is 20.1 Å². The highest BCUT2D eigenvalue weighted by Crippen LogP contribution is 2.28. The molecule has 0 bridgehead atoms. The number of amides is 1. The van der Waals surface area contributed by atoms with Crippen molar-refractivity contribution in [2.75, 3.05) is 33.0 Å². The molecule has 2 N–H and O–H groups in total. The van der Waals surface area contributed by atoms with E-state index in [2.05, 4.69) is 0 Å². The van der Waals surface area contributed by atoms with E-state index in [-0.39, 0.29) is 17.8 Å². The quantitative estimate of drug-likeness (QED) is 0.671. The monoisotopic (exact) mass is 292 g/mol. The van der Waals surface area contributed by atoms with Gasteiger partial charge in [-0.2, -0.15) is 0 Å². The molecule has 1 aliphatic rings. The summed E-state index contributed by atoms with van der Waals surface area (Å²) < 4.78 is 9.96. The van der Waals surface area contributed by atoms with Crippen LogP contribution in [-0.4, -0.2) is 44.1 Å². The molecule has 6 nitrogen and oxygen atoms in total. The Bertz CT molecular complexity index is 536. The lowest BCUT2D eigenvalue weighted by molar-refractivity contribution is -0.146. The zero-order valence-corrected chi connectivity index (χ0v) is 12.3. The molecule has 114 valence electrons. The fourth-order valence-electron chi connectivity index (χ4n) is 2.59. The minimum absolute atomic E-state index is 0.130.